The Kier molecular flexibility index (Phi) is 2.52. The first-order valence-electron chi connectivity index (χ1n) is 4.33. The molecule has 2 aromatic rings. The van der Waals surface area contributed by atoms with Gasteiger partial charge in [-0.3, -0.25) is 4.79 Å². The molecular weight excluding hydrogens is 212 g/mol. The monoisotopic (exact) mass is 222 g/mol. The van der Waals surface area contributed by atoms with Crippen molar-refractivity contribution in [1.82, 2.24) is 0 Å². The van der Waals surface area contributed by atoms with E-state index in [0.29, 0.717) is 0 Å². The van der Waals surface area contributed by atoms with E-state index in [2.05, 4.69) is 0 Å². The highest BCUT2D eigenvalue weighted by molar-refractivity contribution is 7.14. The average molecular weight is 222 g/mol. The van der Waals surface area contributed by atoms with Crippen LogP contribution in [-0.4, -0.2) is 5.78 Å². The zero-order chi connectivity index (χ0) is 10.1. The van der Waals surface area contributed by atoms with Crippen LogP contribution in [0.3, 0.4) is 0 Å². The molecule has 0 N–H and O–H groups in total. The summed E-state index contributed by atoms with van der Waals surface area (Å²) in [5, 5.41) is 1.96. The molecule has 0 amide bonds. The number of hydrogen-bond acceptors (Lipinski definition) is 3. The van der Waals surface area contributed by atoms with Gasteiger partial charge in [-0.2, -0.15) is 0 Å². The van der Waals surface area contributed by atoms with Crippen LogP contribution in [0, 0.1) is 13.8 Å². The zero-order valence-electron chi connectivity index (χ0n) is 8.03. The van der Waals surface area contributed by atoms with Crippen molar-refractivity contribution in [2.75, 3.05) is 0 Å². The van der Waals surface area contributed by atoms with Gasteiger partial charge in [-0.1, -0.05) is 0 Å². The number of aryl methyl sites for hydroxylation is 2. The summed E-state index contributed by atoms with van der Waals surface area (Å²) in [7, 11) is 0. The molecule has 1 nitrogen and oxygen atoms in total. The molecule has 0 spiro atoms. The lowest BCUT2D eigenvalue weighted by molar-refractivity contribution is 0.104. The Labute approximate surface area is 91.0 Å². The lowest BCUT2D eigenvalue weighted by Crippen LogP contribution is -1.97. The van der Waals surface area contributed by atoms with Gasteiger partial charge in [-0.15, -0.1) is 22.7 Å². The molecule has 0 bridgehead atoms. The van der Waals surface area contributed by atoms with Crippen LogP contribution >= 0.6 is 22.7 Å². The van der Waals surface area contributed by atoms with E-state index in [0.717, 1.165) is 15.3 Å². The predicted molar refractivity (Wildman–Crippen MR) is 61.5 cm³/mol. The topological polar surface area (TPSA) is 17.1 Å². The first kappa shape index (κ1) is 9.62. The number of carbonyl (C=O) groups excluding carboxylic acids is 1. The molecule has 0 aromatic carbocycles. The summed E-state index contributed by atoms with van der Waals surface area (Å²) in [6, 6.07) is 5.79. The summed E-state index contributed by atoms with van der Waals surface area (Å²) in [5.74, 6) is 0.154. The van der Waals surface area contributed by atoms with E-state index in [4.69, 9.17) is 0 Å². The smallest absolute Gasteiger partial charge is 0.204 e. The third-order valence-corrected chi connectivity index (χ3v) is 3.91. The lowest BCUT2D eigenvalue weighted by atomic mass is 10.1. The number of carbonyl (C=O) groups is 1. The van der Waals surface area contributed by atoms with E-state index in [1.807, 2.05) is 37.4 Å². The fraction of sp³-hybridized carbons (Fsp3) is 0.182. The largest absolute Gasteiger partial charge is 0.288 e. The van der Waals surface area contributed by atoms with E-state index in [-0.39, 0.29) is 5.78 Å². The molecule has 0 aliphatic carbocycles. The number of thiophene rings is 2. The summed E-state index contributed by atoms with van der Waals surface area (Å²) >= 11 is 3.18. The van der Waals surface area contributed by atoms with Crippen molar-refractivity contribution in [2.24, 2.45) is 0 Å². The first-order valence-corrected chi connectivity index (χ1v) is 6.03. The van der Waals surface area contributed by atoms with Gasteiger partial charge in [0.05, 0.1) is 4.88 Å². The third-order valence-electron chi connectivity index (χ3n) is 2.07. The van der Waals surface area contributed by atoms with Crippen LogP contribution in [-0.2, 0) is 0 Å². The fourth-order valence-electron chi connectivity index (χ4n) is 1.31. The van der Waals surface area contributed by atoms with Gasteiger partial charge >= 0.3 is 0 Å². The molecule has 2 heterocycles. The summed E-state index contributed by atoms with van der Waals surface area (Å²) in [6.07, 6.45) is 0. The van der Waals surface area contributed by atoms with Crippen LogP contribution < -0.4 is 0 Å². The van der Waals surface area contributed by atoms with Crippen molar-refractivity contribution in [2.45, 2.75) is 13.8 Å². The van der Waals surface area contributed by atoms with Gasteiger partial charge in [-0.25, -0.2) is 0 Å². The summed E-state index contributed by atoms with van der Waals surface area (Å²) in [6.45, 7) is 4.00. The van der Waals surface area contributed by atoms with Gasteiger partial charge in [-0.05, 0) is 37.4 Å². The molecule has 0 aliphatic rings. The second-order valence-electron chi connectivity index (χ2n) is 3.13. The quantitative estimate of drug-likeness (QED) is 0.709. The second-order valence-corrected chi connectivity index (χ2v) is 5.54. The molecule has 0 fully saturated rings. The van der Waals surface area contributed by atoms with E-state index >= 15 is 0 Å². The predicted octanol–water partition coefficient (Wildman–Crippen LogP) is 3.66. The number of ketones is 1. The Hall–Kier alpha value is -0.930. The van der Waals surface area contributed by atoms with Crippen LogP contribution in [0.1, 0.15) is 25.0 Å². The Morgan fingerprint density at radius 2 is 2.00 bits per heavy atom. The Balaban J connectivity index is 2.38. The minimum absolute atomic E-state index is 0.154. The average Bonchev–Trinajstić information content (AvgIpc) is 2.73. The highest BCUT2D eigenvalue weighted by Crippen LogP contribution is 2.23. The van der Waals surface area contributed by atoms with Crippen molar-refractivity contribution in [3.8, 4) is 0 Å². The molecule has 14 heavy (non-hydrogen) atoms. The standard InChI is InChI=1S/C11H10OS2/c1-7-3-4-10(14-7)11(12)9-5-6-13-8(9)2/h3-6H,1-2H3. The van der Waals surface area contributed by atoms with Crippen LogP contribution in [0.25, 0.3) is 0 Å². The maximum absolute atomic E-state index is 12.0. The Morgan fingerprint density at radius 3 is 2.50 bits per heavy atom. The molecule has 0 unspecified atom stereocenters. The lowest BCUT2D eigenvalue weighted by Gasteiger charge is -1.95. The molecule has 72 valence electrons. The molecule has 0 saturated heterocycles. The van der Waals surface area contributed by atoms with E-state index in [1.165, 1.54) is 4.88 Å². The molecule has 0 atom stereocenters. The van der Waals surface area contributed by atoms with Gasteiger partial charge in [0.2, 0.25) is 5.78 Å². The Bertz CT molecular complexity index is 465. The molecule has 2 aromatic heterocycles. The van der Waals surface area contributed by atoms with Gasteiger partial charge in [0.15, 0.2) is 0 Å². The second kappa shape index (κ2) is 3.67. The normalized spacial score (nSPS) is 10.4. The maximum atomic E-state index is 12.0. The van der Waals surface area contributed by atoms with Gasteiger partial charge in [0, 0.05) is 15.3 Å². The minimum atomic E-state index is 0.154. The van der Waals surface area contributed by atoms with E-state index in [9.17, 15) is 4.79 Å². The summed E-state index contributed by atoms with van der Waals surface area (Å²) < 4.78 is 0. The van der Waals surface area contributed by atoms with E-state index < -0.39 is 0 Å². The van der Waals surface area contributed by atoms with Crippen molar-refractivity contribution < 1.29 is 4.79 Å². The van der Waals surface area contributed by atoms with Gasteiger partial charge in [0.1, 0.15) is 0 Å². The number of rotatable bonds is 2. The molecule has 2 rings (SSSR count). The SMILES string of the molecule is Cc1ccc(C(=O)c2ccsc2C)s1. The van der Waals surface area contributed by atoms with Crippen LogP contribution in [0.2, 0.25) is 0 Å². The van der Waals surface area contributed by atoms with Gasteiger partial charge in [0.25, 0.3) is 0 Å². The molecule has 0 saturated carbocycles. The van der Waals surface area contributed by atoms with Crippen LogP contribution in [0.4, 0.5) is 0 Å². The van der Waals surface area contributed by atoms with Crippen molar-refractivity contribution in [3.63, 3.8) is 0 Å². The van der Waals surface area contributed by atoms with E-state index in [1.54, 1.807) is 22.7 Å². The van der Waals surface area contributed by atoms with Crippen LogP contribution in [0.5, 0.6) is 0 Å². The Morgan fingerprint density at radius 1 is 1.21 bits per heavy atom. The summed E-state index contributed by atoms with van der Waals surface area (Å²) in [5.41, 5.74) is 0.844. The van der Waals surface area contributed by atoms with Crippen LogP contribution in [0.15, 0.2) is 23.6 Å². The van der Waals surface area contributed by atoms with Crippen molar-refractivity contribution >= 4 is 28.5 Å². The molecule has 3 heteroatoms. The van der Waals surface area contributed by atoms with Crippen molar-refractivity contribution in [3.05, 3.63) is 43.8 Å². The highest BCUT2D eigenvalue weighted by atomic mass is 32.1. The molecule has 0 radical (unpaired) electrons. The zero-order valence-corrected chi connectivity index (χ0v) is 9.67. The summed E-state index contributed by atoms with van der Waals surface area (Å²) in [4.78, 5) is 15.1. The fourth-order valence-corrected chi connectivity index (χ4v) is 2.83. The maximum Gasteiger partial charge on any atom is 0.204 e. The van der Waals surface area contributed by atoms with Crippen molar-refractivity contribution in [1.29, 1.82) is 0 Å². The minimum Gasteiger partial charge on any atom is -0.288 e. The highest BCUT2D eigenvalue weighted by Gasteiger charge is 2.13. The number of hydrogen-bond donors (Lipinski definition) is 0. The first-order chi connectivity index (χ1) is 6.68. The third kappa shape index (κ3) is 1.65. The molecular formula is C11H10OS2. The molecule has 0 aliphatic heterocycles. The van der Waals surface area contributed by atoms with Gasteiger partial charge < -0.3 is 0 Å².